The first-order valence-electron chi connectivity index (χ1n) is 16.8. The van der Waals surface area contributed by atoms with Gasteiger partial charge in [0.05, 0.1) is 0 Å². The molecule has 0 radical (unpaired) electrons. The number of anilines is 1. The highest BCUT2D eigenvalue weighted by molar-refractivity contribution is 5.91. The zero-order chi connectivity index (χ0) is 34.7. The topological polar surface area (TPSA) is 102 Å². The molecule has 0 bridgehead atoms. The molecule has 2 unspecified atom stereocenters. The number of aryl methyl sites for hydroxylation is 1. The molecule has 46 heavy (non-hydrogen) atoms. The average Bonchev–Trinajstić information content (AvgIpc) is 3.60. The summed E-state index contributed by atoms with van der Waals surface area (Å²) >= 11 is 0. The van der Waals surface area contributed by atoms with Crippen molar-refractivity contribution in [3.63, 3.8) is 0 Å². The third kappa shape index (κ3) is 15.2. The second-order valence-electron chi connectivity index (χ2n) is 9.95. The summed E-state index contributed by atoms with van der Waals surface area (Å²) in [5.41, 5.74) is 4.36. The summed E-state index contributed by atoms with van der Waals surface area (Å²) in [5, 5.41) is 15.3. The van der Waals surface area contributed by atoms with Gasteiger partial charge in [0.25, 0.3) is 0 Å². The quantitative estimate of drug-likeness (QED) is 0.182. The number of imide groups is 1. The smallest absolute Gasteiger partial charge is 0.249 e. The lowest BCUT2D eigenvalue weighted by Gasteiger charge is -2.27. The van der Waals surface area contributed by atoms with Gasteiger partial charge in [0.2, 0.25) is 18.7 Å². The van der Waals surface area contributed by atoms with Crippen molar-refractivity contribution >= 4 is 24.4 Å². The maximum Gasteiger partial charge on any atom is 0.249 e. The highest BCUT2D eigenvalue weighted by atomic mass is 16.3. The van der Waals surface area contributed by atoms with Crippen LogP contribution in [-0.2, 0) is 27.5 Å². The molecule has 8 nitrogen and oxygen atoms in total. The van der Waals surface area contributed by atoms with Gasteiger partial charge in [-0.3, -0.25) is 19.7 Å². The van der Waals surface area contributed by atoms with Crippen molar-refractivity contribution in [1.29, 1.82) is 0 Å². The lowest BCUT2D eigenvalue weighted by Crippen LogP contribution is -2.45. The van der Waals surface area contributed by atoms with E-state index in [2.05, 4.69) is 76.2 Å². The molecule has 1 aliphatic heterocycles. The van der Waals surface area contributed by atoms with Crippen LogP contribution in [-0.4, -0.2) is 53.9 Å². The Labute approximate surface area is 278 Å². The Morgan fingerprint density at radius 1 is 0.957 bits per heavy atom. The first-order valence-corrected chi connectivity index (χ1v) is 16.8. The molecule has 4 rings (SSSR count). The summed E-state index contributed by atoms with van der Waals surface area (Å²) in [4.78, 5) is 37.4. The lowest BCUT2D eigenvalue weighted by molar-refractivity contribution is -0.135. The van der Waals surface area contributed by atoms with E-state index in [-0.39, 0.29) is 12.3 Å². The van der Waals surface area contributed by atoms with E-state index in [9.17, 15) is 19.5 Å². The molecule has 2 atom stereocenters. The first-order chi connectivity index (χ1) is 22.4. The minimum absolute atomic E-state index is 0.103. The number of aromatic hydroxyl groups is 1. The number of nitrogens with one attached hydrogen (secondary N) is 2. The molecule has 0 saturated carbocycles. The normalized spacial score (nSPS) is 13.4. The van der Waals surface area contributed by atoms with Gasteiger partial charge in [0.15, 0.2) is 0 Å². The number of phenols is 1. The number of hydrogen-bond donors (Lipinski definition) is 3. The molecule has 0 aliphatic carbocycles. The SMILES string of the molecule is CC.CC.CC.CCCC(C(=O)NC=O)N(C=O)Cc1cc(O)ccc1C.c1ccc(CNC2CCN(c3ccccc3)C2)cc1. The Morgan fingerprint density at radius 3 is 2.13 bits per heavy atom. The molecule has 3 aromatic carbocycles. The van der Waals surface area contributed by atoms with Crippen LogP contribution in [0.25, 0.3) is 0 Å². The van der Waals surface area contributed by atoms with Gasteiger partial charge in [-0.25, -0.2) is 0 Å². The molecule has 0 aromatic heterocycles. The predicted molar refractivity (Wildman–Crippen MR) is 192 cm³/mol. The van der Waals surface area contributed by atoms with Crippen molar-refractivity contribution in [2.45, 2.75) is 99.8 Å². The van der Waals surface area contributed by atoms with Gasteiger partial charge < -0.3 is 20.2 Å². The third-order valence-corrected chi connectivity index (χ3v) is 7.03. The van der Waals surface area contributed by atoms with Gasteiger partial charge in [-0.05, 0) is 60.7 Å². The van der Waals surface area contributed by atoms with E-state index in [0.717, 1.165) is 30.8 Å². The standard InChI is InChI=1S/C17H20N2.C15H20N2O4.3C2H6/c1-3-7-15(8-4-1)13-18-16-11-12-19(14-16)17-9-5-2-6-10-17;1-3-4-14(15(21)16-9-18)17(10-19)8-12-7-13(20)6-5-11(12)2;3*1-2/h1-10,16,18H,11-14H2;5-7,9-10,14,20H,3-4,8H2,1-2H3,(H,16,18,21);3*1-2H3. The monoisotopic (exact) mass is 634 g/mol. The molecule has 3 amide bonds. The number of benzene rings is 3. The number of para-hydroxylation sites is 1. The zero-order valence-electron chi connectivity index (χ0n) is 29.3. The zero-order valence-corrected chi connectivity index (χ0v) is 29.3. The van der Waals surface area contributed by atoms with Crippen LogP contribution in [0.3, 0.4) is 0 Å². The molecule has 1 aliphatic rings. The van der Waals surface area contributed by atoms with E-state index in [1.807, 2.05) is 55.4 Å². The van der Waals surface area contributed by atoms with E-state index in [4.69, 9.17) is 0 Å². The van der Waals surface area contributed by atoms with Crippen LogP contribution in [0.2, 0.25) is 0 Å². The number of amides is 3. The van der Waals surface area contributed by atoms with Crippen LogP contribution in [0.5, 0.6) is 5.75 Å². The molecule has 8 heteroatoms. The van der Waals surface area contributed by atoms with Crippen LogP contribution < -0.4 is 15.5 Å². The van der Waals surface area contributed by atoms with Crippen LogP contribution in [0.4, 0.5) is 5.69 Å². The second kappa shape index (κ2) is 26.1. The van der Waals surface area contributed by atoms with Crippen molar-refractivity contribution in [3.05, 3.63) is 95.6 Å². The van der Waals surface area contributed by atoms with Crippen molar-refractivity contribution in [2.75, 3.05) is 18.0 Å². The van der Waals surface area contributed by atoms with E-state index in [1.165, 1.54) is 22.6 Å². The largest absolute Gasteiger partial charge is 0.508 e. The Kier molecular flexibility index (Phi) is 23.7. The van der Waals surface area contributed by atoms with Crippen LogP contribution in [0, 0.1) is 6.92 Å². The molecule has 254 valence electrons. The van der Waals surface area contributed by atoms with Crippen molar-refractivity contribution < 1.29 is 19.5 Å². The minimum atomic E-state index is -0.709. The summed E-state index contributed by atoms with van der Waals surface area (Å²) in [5.74, 6) is -0.400. The molecule has 3 N–H and O–H groups in total. The maximum absolute atomic E-state index is 11.9. The van der Waals surface area contributed by atoms with Gasteiger partial charge in [-0.15, -0.1) is 0 Å². The Hall–Kier alpha value is -4.17. The number of hydrogen-bond acceptors (Lipinski definition) is 6. The Bertz CT molecular complexity index is 1210. The molecule has 3 aromatic rings. The van der Waals surface area contributed by atoms with E-state index < -0.39 is 11.9 Å². The summed E-state index contributed by atoms with van der Waals surface area (Å²) in [6, 6.07) is 26.1. The minimum Gasteiger partial charge on any atom is -0.508 e. The molecular weight excluding hydrogens is 576 g/mol. The fourth-order valence-electron chi connectivity index (χ4n) is 4.78. The number of phenolic OH excluding ortho intramolecular Hbond substituents is 1. The third-order valence-electron chi connectivity index (χ3n) is 7.03. The van der Waals surface area contributed by atoms with Crippen molar-refractivity contribution in [2.24, 2.45) is 0 Å². The summed E-state index contributed by atoms with van der Waals surface area (Å²) < 4.78 is 0. The van der Waals surface area contributed by atoms with E-state index >= 15 is 0 Å². The van der Waals surface area contributed by atoms with Crippen LogP contribution in [0.1, 0.15) is 84.4 Å². The van der Waals surface area contributed by atoms with Gasteiger partial charge in [-0.1, -0.05) is 109 Å². The fourth-order valence-corrected chi connectivity index (χ4v) is 4.78. The van der Waals surface area contributed by atoms with Gasteiger partial charge >= 0.3 is 0 Å². The lowest BCUT2D eigenvalue weighted by atomic mass is 10.1. The van der Waals surface area contributed by atoms with Crippen LogP contribution in [0.15, 0.2) is 78.9 Å². The number of rotatable bonds is 12. The average molecular weight is 635 g/mol. The van der Waals surface area contributed by atoms with Gasteiger partial charge in [0.1, 0.15) is 11.8 Å². The fraction of sp³-hybridized carbons (Fsp3) is 0.447. The highest BCUT2D eigenvalue weighted by Gasteiger charge is 2.24. The van der Waals surface area contributed by atoms with Crippen molar-refractivity contribution in [1.82, 2.24) is 15.5 Å². The molecular formula is C38H58N4O4. The molecule has 1 heterocycles. The van der Waals surface area contributed by atoms with Gasteiger partial charge in [0, 0.05) is 37.9 Å². The summed E-state index contributed by atoms with van der Waals surface area (Å²) in [6.45, 7) is 19.2. The van der Waals surface area contributed by atoms with Crippen LogP contribution >= 0.6 is 0 Å². The Balaban J connectivity index is 0.000000759. The van der Waals surface area contributed by atoms with Gasteiger partial charge in [-0.2, -0.15) is 0 Å². The highest BCUT2D eigenvalue weighted by Crippen LogP contribution is 2.21. The molecule has 0 spiro atoms. The maximum atomic E-state index is 11.9. The summed E-state index contributed by atoms with van der Waals surface area (Å²) in [7, 11) is 0. The molecule has 1 saturated heterocycles. The number of carbonyl (C=O) groups excluding carboxylic acids is 3. The number of nitrogens with zero attached hydrogens (tertiary/aromatic N) is 2. The second-order valence-corrected chi connectivity index (χ2v) is 9.95. The Morgan fingerprint density at radius 2 is 1.57 bits per heavy atom. The predicted octanol–water partition coefficient (Wildman–Crippen LogP) is 7.23. The van der Waals surface area contributed by atoms with E-state index in [1.54, 1.807) is 18.2 Å². The molecule has 1 fully saturated rings. The summed E-state index contributed by atoms with van der Waals surface area (Å²) in [6.07, 6.45) is 3.28. The van der Waals surface area contributed by atoms with Crippen molar-refractivity contribution in [3.8, 4) is 5.75 Å². The first kappa shape index (κ1) is 41.8. The number of carbonyl (C=O) groups is 3. The van der Waals surface area contributed by atoms with E-state index in [0.29, 0.717) is 31.7 Å².